The van der Waals surface area contributed by atoms with E-state index in [1.54, 1.807) is 0 Å². The summed E-state index contributed by atoms with van der Waals surface area (Å²) in [6.45, 7) is 2.04. The van der Waals surface area contributed by atoms with Gasteiger partial charge in [0.25, 0.3) is 0 Å². The molecular formula is C10H12. The molecule has 1 aromatic carbocycles. The second-order valence-electron chi connectivity index (χ2n) is 2.26. The van der Waals surface area contributed by atoms with Crippen LogP contribution in [0.4, 0.5) is 0 Å². The Morgan fingerprint density at radius 3 is 2.50 bits per heavy atom. The van der Waals surface area contributed by atoms with Crippen LogP contribution in [0, 0.1) is 0 Å². The normalized spacial score (nSPS) is 10.5. The molecule has 0 N–H and O–H groups in total. The third kappa shape index (κ3) is 2.06. The lowest BCUT2D eigenvalue weighted by Crippen LogP contribution is -1.76. The minimum atomic E-state index is 1.05. The van der Waals surface area contributed by atoms with Gasteiger partial charge < -0.3 is 0 Å². The third-order valence-electron chi connectivity index (χ3n) is 1.43. The van der Waals surface area contributed by atoms with Crippen molar-refractivity contribution in [3.8, 4) is 0 Å². The van der Waals surface area contributed by atoms with Crippen LogP contribution < -0.4 is 0 Å². The lowest BCUT2D eigenvalue weighted by Gasteiger charge is -1.92. The molecule has 0 saturated heterocycles. The molecule has 0 aliphatic rings. The molecular weight excluding hydrogens is 120 g/mol. The van der Waals surface area contributed by atoms with Gasteiger partial charge in [0.15, 0.2) is 0 Å². The maximum Gasteiger partial charge on any atom is -0.00976 e. The molecule has 1 rings (SSSR count). The average Bonchev–Trinajstić information content (AvgIpc) is 2.03. The fourth-order valence-corrected chi connectivity index (χ4v) is 0.868. The molecule has 0 saturated carbocycles. The zero-order chi connectivity index (χ0) is 7.23. The predicted molar refractivity (Wildman–Crippen MR) is 45.0 cm³/mol. The standard InChI is InChI=1S/C10H12/c1-2-3-7-10-8-5-4-6-9-10/h2-6,8-9H,7H2,1H3. The summed E-state index contributed by atoms with van der Waals surface area (Å²) < 4.78 is 0. The van der Waals surface area contributed by atoms with E-state index in [1.165, 1.54) is 5.56 Å². The summed E-state index contributed by atoms with van der Waals surface area (Å²) in [6, 6.07) is 10.5. The van der Waals surface area contributed by atoms with E-state index in [2.05, 4.69) is 36.4 Å². The number of rotatable bonds is 2. The first-order chi connectivity index (χ1) is 4.93. The van der Waals surface area contributed by atoms with E-state index in [1.807, 2.05) is 13.0 Å². The first-order valence-corrected chi connectivity index (χ1v) is 3.58. The van der Waals surface area contributed by atoms with Crippen LogP contribution in [0.25, 0.3) is 0 Å². The van der Waals surface area contributed by atoms with E-state index in [9.17, 15) is 0 Å². The van der Waals surface area contributed by atoms with Gasteiger partial charge in [-0.15, -0.1) is 0 Å². The first kappa shape index (κ1) is 7.07. The Hall–Kier alpha value is -1.04. The van der Waals surface area contributed by atoms with Gasteiger partial charge in [-0.3, -0.25) is 0 Å². The lowest BCUT2D eigenvalue weighted by atomic mass is 10.1. The van der Waals surface area contributed by atoms with Gasteiger partial charge in [0.2, 0.25) is 0 Å². The molecule has 0 radical (unpaired) electrons. The van der Waals surface area contributed by atoms with Gasteiger partial charge in [0.05, 0.1) is 0 Å². The molecule has 1 aromatic rings. The van der Waals surface area contributed by atoms with Gasteiger partial charge in [-0.2, -0.15) is 0 Å². The highest BCUT2D eigenvalue weighted by Gasteiger charge is 1.83. The molecule has 0 aliphatic carbocycles. The summed E-state index contributed by atoms with van der Waals surface area (Å²) >= 11 is 0. The Kier molecular flexibility index (Phi) is 2.75. The Morgan fingerprint density at radius 1 is 1.20 bits per heavy atom. The van der Waals surface area contributed by atoms with Gasteiger partial charge in [-0.25, -0.2) is 0 Å². The fourth-order valence-electron chi connectivity index (χ4n) is 0.868. The largest absolute Gasteiger partial charge is 0.0913 e. The van der Waals surface area contributed by atoms with Crippen LogP contribution in [0.2, 0.25) is 0 Å². The van der Waals surface area contributed by atoms with Crippen molar-refractivity contribution in [2.24, 2.45) is 0 Å². The number of benzene rings is 1. The summed E-state index contributed by atoms with van der Waals surface area (Å²) in [5, 5.41) is 0. The molecule has 0 nitrogen and oxygen atoms in total. The minimum Gasteiger partial charge on any atom is -0.0913 e. The molecule has 0 bridgehead atoms. The average molecular weight is 132 g/mol. The molecule has 0 unspecified atom stereocenters. The van der Waals surface area contributed by atoms with Crippen molar-refractivity contribution in [3.05, 3.63) is 48.0 Å². The zero-order valence-electron chi connectivity index (χ0n) is 6.25. The summed E-state index contributed by atoms with van der Waals surface area (Å²) in [6.07, 6.45) is 5.29. The van der Waals surface area contributed by atoms with Crippen molar-refractivity contribution >= 4 is 0 Å². The molecule has 0 fully saturated rings. The van der Waals surface area contributed by atoms with Crippen molar-refractivity contribution in [3.63, 3.8) is 0 Å². The summed E-state index contributed by atoms with van der Waals surface area (Å²) in [4.78, 5) is 0. The van der Waals surface area contributed by atoms with Crippen LogP contribution in [0.5, 0.6) is 0 Å². The topological polar surface area (TPSA) is 0 Å². The first-order valence-electron chi connectivity index (χ1n) is 3.58. The summed E-state index contributed by atoms with van der Waals surface area (Å²) in [5.41, 5.74) is 1.38. The van der Waals surface area contributed by atoms with Crippen molar-refractivity contribution < 1.29 is 0 Å². The smallest absolute Gasteiger partial charge is 0.00976 e. The third-order valence-corrected chi connectivity index (χ3v) is 1.43. The van der Waals surface area contributed by atoms with Gasteiger partial charge in [0.1, 0.15) is 0 Å². The van der Waals surface area contributed by atoms with E-state index in [0.29, 0.717) is 0 Å². The molecule has 0 atom stereocenters. The monoisotopic (exact) mass is 132 g/mol. The molecule has 0 aliphatic heterocycles. The SMILES string of the molecule is CC=CCc1ccccc1. The number of hydrogen-bond donors (Lipinski definition) is 0. The van der Waals surface area contributed by atoms with E-state index in [0.717, 1.165) is 6.42 Å². The van der Waals surface area contributed by atoms with Gasteiger partial charge in [-0.1, -0.05) is 42.5 Å². The van der Waals surface area contributed by atoms with Crippen LogP contribution in [-0.2, 0) is 6.42 Å². The quantitative estimate of drug-likeness (QED) is 0.543. The molecule has 0 heteroatoms. The van der Waals surface area contributed by atoms with Gasteiger partial charge >= 0.3 is 0 Å². The summed E-state index contributed by atoms with van der Waals surface area (Å²) in [5.74, 6) is 0. The van der Waals surface area contributed by atoms with Gasteiger partial charge in [-0.05, 0) is 18.9 Å². The Bertz CT molecular complexity index is 197. The lowest BCUT2D eigenvalue weighted by molar-refractivity contribution is 1.26. The fraction of sp³-hybridized carbons (Fsp3) is 0.200. The maximum absolute atomic E-state index is 2.16. The highest BCUT2D eigenvalue weighted by atomic mass is 13.9. The predicted octanol–water partition coefficient (Wildman–Crippen LogP) is 2.81. The van der Waals surface area contributed by atoms with Crippen LogP contribution in [0.1, 0.15) is 12.5 Å². The van der Waals surface area contributed by atoms with E-state index in [-0.39, 0.29) is 0 Å². The number of hydrogen-bond acceptors (Lipinski definition) is 0. The summed E-state index contributed by atoms with van der Waals surface area (Å²) in [7, 11) is 0. The molecule has 0 heterocycles. The van der Waals surface area contributed by atoms with Crippen LogP contribution >= 0.6 is 0 Å². The molecule has 10 heavy (non-hydrogen) atoms. The Balaban J connectivity index is 2.59. The Labute approximate surface area is 62.2 Å². The van der Waals surface area contributed by atoms with E-state index in [4.69, 9.17) is 0 Å². The molecule has 0 amide bonds. The maximum atomic E-state index is 2.16. The van der Waals surface area contributed by atoms with Crippen LogP contribution in [0.3, 0.4) is 0 Å². The van der Waals surface area contributed by atoms with Crippen molar-refractivity contribution in [1.29, 1.82) is 0 Å². The second-order valence-corrected chi connectivity index (χ2v) is 2.26. The van der Waals surface area contributed by atoms with Crippen molar-refractivity contribution in [2.45, 2.75) is 13.3 Å². The van der Waals surface area contributed by atoms with Crippen LogP contribution in [0.15, 0.2) is 42.5 Å². The van der Waals surface area contributed by atoms with E-state index >= 15 is 0 Å². The molecule has 0 aromatic heterocycles. The second kappa shape index (κ2) is 3.89. The Morgan fingerprint density at radius 2 is 1.90 bits per heavy atom. The highest BCUT2D eigenvalue weighted by Crippen LogP contribution is 1.99. The minimum absolute atomic E-state index is 1.05. The van der Waals surface area contributed by atoms with E-state index < -0.39 is 0 Å². The van der Waals surface area contributed by atoms with Crippen molar-refractivity contribution in [1.82, 2.24) is 0 Å². The van der Waals surface area contributed by atoms with Gasteiger partial charge in [0, 0.05) is 0 Å². The highest BCUT2D eigenvalue weighted by molar-refractivity contribution is 5.17. The van der Waals surface area contributed by atoms with Crippen LogP contribution in [-0.4, -0.2) is 0 Å². The molecule has 0 spiro atoms. The van der Waals surface area contributed by atoms with Crippen molar-refractivity contribution in [2.75, 3.05) is 0 Å². The zero-order valence-corrected chi connectivity index (χ0v) is 6.25. The number of allylic oxidation sites excluding steroid dienone is 2. The molecule has 52 valence electrons.